The molecule has 0 bridgehead atoms. The van der Waals surface area contributed by atoms with Crippen molar-refractivity contribution in [2.24, 2.45) is 0 Å². The van der Waals surface area contributed by atoms with Crippen molar-refractivity contribution >= 4 is 61.4 Å². The first kappa shape index (κ1) is 24.1. The number of para-hydroxylation sites is 1. The van der Waals surface area contributed by atoms with Gasteiger partial charge in [-0.25, -0.2) is 17.8 Å². The normalized spacial score (nSPS) is 11.4. The Morgan fingerprint density at radius 1 is 1.18 bits per heavy atom. The molecule has 0 spiro atoms. The Morgan fingerprint density at radius 2 is 1.91 bits per heavy atom. The number of hydrogen-bond donors (Lipinski definition) is 2. The van der Waals surface area contributed by atoms with Gasteiger partial charge in [0.2, 0.25) is 21.8 Å². The summed E-state index contributed by atoms with van der Waals surface area (Å²) < 4.78 is 39.5. The number of rotatable bonds is 7. The first-order valence-corrected chi connectivity index (χ1v) is 12.4. The van der Waals surface area contributed by atoms with Crippen molar-refractivity contribution in [2.75, 3.05) is 21.2 Å². The van der Waals surface area contributed by atoms with Gasteiger partial charge < -0.3 is 5.32 Å². The van der Waals surface area contributed by atoms with Gasteiger partial charge >= 0.3 is 0 Å². The number of amides is 2. The molecule has 1 heterocycles. The molecule has 0 aliphatic carbocycles. The monoisotopic (exact) mass is 488 g/mol. The number of thiazole rings is 1. The highest BCUT2D eigenvalue weighted by Crippen LogP contribution is 2.31. The molecule has 2 aromatic carbocycles. The fraction of sp³-hybridized carbons (Fsp3) is 0.136. The second-order valence-corrected chi connectivity index (χ2v) is 9.67. The maximum Gasteiger partial charge on any atom is 0.248 e. The van der Waals surface area contributed by atoms with Crippen molar-refractivity contribution in [1.29, 1.82) is 0 Å². The smallest absolute Gasteiger partial charge is 0.248 e. The summed E-state index contributed by atoms with van der Waals surface area (Å²) in [5.41, 5.74) is 1.97. The van der Waals surface area contributed by atoms with Gasteiger partial charge in [0.05, 0.1) is 23.3 Å². The lowest BCUT2D eigenvalue weighted by Gasteiger charge is -2.18. The third-order valence-electron chi connectivity index (χ3n) is 4.32. The van der Waals surface area contributed by atoms with Crippen LogP contribution in [0.25, 0.3) is 6.08 Å². The highest BCUT2D eigenvalue weighted by atomic mass is 32.2. The number of nitrogens with zero attached hydrogens (tertiary/aromatic N) is 2. The van der Waals surface area contributed by atoms with Crippen LogP contribution in [0.15, 0.2) is 53.9 Å². The predicted molar refractivity (Wildman–Crippen MR) is 129 cm³/mol. The first-order chi connectivity index (χ1) is 15.5. The third-order valence-corrected chi connectivity index (χ3v) is 5.75. The maximum atomic E-state index is 14.2. The molecule has 0 radical (unpaired) electrons. The highest BCUT2D eigenvalue weighted by Gasteiger charge is 2.20. The topological polar surface area (TPSA) is 108 Å². The molecule has 0 saturated heterocycles. The molecule has 33 heavy (non-hydrogen) atoms. The molecule has 3 aromatic rings. The Balaban J connectivity index is 1.74. The zero-order chi connectivity index (χ0) is 24.2. The number of anilines is 4. The molecule has 0 unspecified atom stereocenters. The Kier molecular flexibility index (Phi) is 7.24. The lowest BCUT2D eigenvalue weighted by molar-refractivity contribution is -0.116. The zero-order valence-electron chi connectivity index (χ0n) is 18.0. The summed E-state index contributed by atoms with van der Waals surface area (Å²) in [6.07, 6.45) is 3.75. The van der Waals surface area contributed by atoms with Crippen LogP contribution in [-0.4, -0.2) is 31.5 Å². The molecule has 0 saturated carbocycles. The van der Waals surface area contributed by atoms with Gasteiger partial charge in [-0.2, -0.15) is 0 Å². The van der Waals surface area contributed by atoms with Crippen LogP contribution in [0.5, 0.6) is 0 Å². The van der Waals surface area contributed by atoms with E-state index in [0.717, 1.165) is 17.6 Å². The molecule has 2 N–H and O–H groups in total. The van der Waals surface area contributed by atoms with Crippen LogP contribution in [0, 0.1) is 12.7 Å². The van der Waals surface area contributed by atoms with E-state index < -0.39 is 27.7 Å². The fourth-order valence-corrected chi connectivity index (χ4v) is 4.32. The first-order valence-electron chi connectivity index (χ1n) is 9.62. The van der Waals surface area contributed by atoms with Crippen LogP contribution in [-0.2, 0) is 19.6 Å². The van der Waals surface area contributed by atoms with Gasteiger partial charge in [-0.05, 0) is 42.8 Å². The minimum atomic E-state index is -3.46. The van der Waals surface area contributed by atoms with Crippen molar-refractivity contribution in [2.45, 2.75) is 13.8 Å². The number of benzene rings is 2. The average Bonchev–Trinajstić information content (AvgIpc) is 3.18. The lowest BCUT2D eigenvalue weighted by atomic mass is 10.2. The van der Waals surface area contributed by atoms with E-state index in [-0.39, 0.29) is 10.8 Å². The van der Waals surface area contributed by atoms with Crippen molar-refractivity contribution in [3.63, 3.8) is 0 Å². The molecular weight excluding hydrogens is 467 g/mol. The second-order valence-electron chi connectivity index (χ2n) is 7.09. The minimum Gasteiger partial charge on any atom is -0.322 e. The molecule has 1 aromatic heterocycles. The predicted octanol–water partition coefficient (Wildman–Crippen LogP) is 4.30. The molecule has 0 atom stereocenters. The standard InChI is InChI=1S/C22H21FN4O4S2/c1-14-8-9-16(12-19(14)26-33(3,30)31)24-21(29)11-10-17-13-32-22(25-17)27(15(2)28)20-7-5-4-6-18(20)23/h4-13,26H,1-3H3,(H,24,29)/b11-10+. The number of aromatic nitrogens is 1. The van der Waals surface area contributed by atoms with Crippen LogP contribution < -0.4 is 14.9 Å². The second kappa shape index (κ2) is 9.92. The molecule has 3 rings (SSSR count). The number of nitrogens with one attached hydrogen (secondary N) is 2. The number of carbonyl (C=O) groups is 2. The van der Waals surface area contributed by atoms with Gasteiger partial charge in [0, 0.05) is 24.1 Å². The van der Waals surface area contributed by atoms with Gasteiger partial charge in [0.25, 0.3) is 0 Å². The maximum absolute atomic E-state index is 14.2. The Bertz CT molecular complexity index is 1340. The van der Waals surface area contributed by atoms with Crippen molar-refractivity contribution in [3.05, 3.63) is 71.0 Å². The summed E-state index contributed by atoms with van der Waals surface area (Å²) in [5.74, 6) is -1.42. The van der Waals surface area contributed by atoms with E-state index in [1.165, 1.54) is 48.2 Å². The summed E-state index contributed by atoms with van der Waals surface area (Å²) in [6.45, 7) is 3.05. The summed E-state index contributed by atoms with van der Waals surface area (Å²) in [6, 6.07) is 10.7. The van der Waals surface area contributed by atoms with Gasteiger partial charge in [-0.3, -0.25) is 19.2 Å². The highest BCUT2D eigenvalue weighted by molar-refractivity contribution is 7.92. The summed E-state index contributed by atoms with van der Waals surface area (Å²) in [5, 5.41) is 4.55. The van der Waals surface area contributed by atoms with Crippen LogP contribution in [0.2, 0.25) is 0 Å². The van der Waals surface area contributed by atoms with Gasteiger partial charge in [0.1, 0.15) is 5.82 Å². The number of hydrogen-bond acceptors (Lipinski definition) is 6. The molecule has 0 fully saturated rings. The van der Waals surface area contributed by atoms with Gasteiger partial charge in [-0.1, -0.05) is 18.2 Å². The van der Waals surface area contributed by atoms with Gasteiger partial charge in [0.15, 0.2) is 5.13 Å². The number of sulfonamides is 1. The van der Waals surface area contributed by atoms with Gasteiger partial charge in [-0.15, -0.1) is 11.3 Å². The molecule has 11 heteroatoms. The van der Waals surface area contributed by atoms with Crippen LogP contribution in [0.1, 0.15) is 18.2 Å². The van der Waals surface area contributed by atoms with Crippen molar-refractivity contribution in [3.8, 4) is 0 Å². The van der Waals surface area contributed by atoms with Crippen molar-refractivity contribution < 1.29 is 22.4 Å². The molecule has 8 nitrogen and oxygen atoms in total. The largest absolute Gasteiger partial charge is 0.322 e. The van der Waals surface area contributed by atoms with E-state index in [9.17, 15) is 22.4 Å². The number of halogens is 1. The van der Waals surface area contributed by atoms with E-state index in [1.54, 1.807) is 30.5 Å². The quantitative estimate of drug-likeness (QED) is 0.482. The molecule has 2 amide bonds. The number of aryl methyl sites for hydroxylation is 1. The van der Waals surface area contributed by atoms with Crippen LogP contribution in [0.4, 0.5) is 26.6 Å². The number of carbonyl (C=O) groups excluding carboxylic acids is 2. The zero-order valence-corrected chi connectivity index (χ0v) is 19.6. The Hall–Kier alpha value is -3.57. The summed E-state index contributed by atoms with van der Waals surface area (Å²) in [4.78, 5) is 29.9. The van der Waals surface area contributed by atoms with E-state index in [4.69, 9.17) is 0 Å². The summed E-state index contributed by atoms with van der Waals surface area (Å²) >= 11 is 1.13. The average molecular weight is 489 g/mol. The Labute approximate surface area is 194 Å². The van der Waals surface area contributed by atoms with E-state index >= 15 is 0 Å². The minimum absolute atomic E-state index is 0.0884. The third kappa shape index (κ3) is 6.46. The van der Waals surface area contributed by atoms with E-state index in [1.807, 2.05) is 0 Å². The van der Waals surface area contributed by atoms with Crippen molar-refractivity contribution in [1.82, 2.24) is 4.98 Å². The van der Waals surface area contributed by atoms with Crippen LogP contribution >= 0.6 is 11.3 Å². The van der Waals surface area contributed by atoms with Crippen LogP contribution in [0.3, 0.4) is 0 Å². The lowest BCUT2D eigenvalue weighted by Crippen LogP contribution is -2.23. The van der Waals surface area contributed by atoms with E-state index in [2.05, 4.69) is 15.0 Å². The SMILES string of the molecule is CC(=O)N(c1nc(/C=C/C(=O)Nc2ccc(C)c(NS(C)(=O)=O)c2)cs1)c1ccccc1F. The molecule has 172 valence electrons. The van der Waals surface area contributed by atoms with E-state index in [0.29, 0.717) is 22.6 Å². The molecular formula is C22H21FN4O4S2. The molecule has 0 aliphatic rings. The molecule has 0 aliphatic heterocycles. The fourth-order valence-electron chi connectivity index (χ4n) is 2.85. The summed E-state index contributed by atoms with van der Waals surface area (Å²) in [7, 11) is -3.46. The Morgan fingerprint density at radius 3 is 2.58 bits per heavy atom.